The zero-order chi connectivity index (χ0) is 45.1. The van der Waals surface area contributed by atoms with E-state index in [4.69, 9.17) is 20.2 Å². The summed E-state index contributed by atoms with van der Waals surface area (Å²) in [6.07, 6.45) is 8.57. The summed E-state index contributed by atoms with van der Waals surface area (Å²) >= 11 is 0. The molecular formula is C45H57N11O8. The number of ether oxygens (including phenoxy) is 2. The van der Waals surface area contributed by atoms with Crippen LogP contribution in [0, 0.1) is 0 Å². The zero-order valence-electron chi connectivity index (χ0n) is 36.6. The van der Waals surface area contributed by atoms with Gasteiger partial charge in [0.15, 0.2) is 5.82 Å². The Morgan fingerprint density at radius 2 is 1.80 bits per heavy atom. The number of anilines is 5. The molecule has 0 radical (unpaired) electrons. The van der Waals surface area contributed by atoms with Crippen LogP contribution in [0.2, 0.25) is 0 Å². The van der Waals surface area contributed by atoms with Crippen molar-refractivity contribution in [1.82, 2.24) is 30.4 Å². The lowest BCUT2D eigenvalue weighted by atomic mass is 10.0. The van der Waals surface area contributed by atoms with E-state index >= 15 is 0 Å². The van der Waals surface area contributed by atoms with Gasteiger partial charge in [-0.15, -0.1) is 0 Å². The van der Waals surface area contributed by atoms with Gasteiger partial charge in [0.05, 0.1) is 32.2 Å². The lowest BCUT2D eigenvalue weighted by Gasteiger charge is -2.43. The maximum absolute atomic E-state index is 13.4. The molecule has 1 aromatic heterocycles. The highest BCUT2D eigenvalue weighted by Gasteiger charge is 2.42. The number of aromatic nitrogens is 2. The van der Waals surface area contributed by atoms with Crippen molar-refractivity contribution in [3.8, 4) is 5.75 Å². The molecule has 1 saturated carbocycles. The third kappa shape index (κ3) is 9.23. The van der Waals surface area contributed by atoms with Gasteiger partial charge in [-0.05, 0) is 68.9 Å². The van der Waals surface area contributed by atoms with Crippen molar-refractivity contribution in [2.45, 2.75) is 101 Å². The number of methoxy groups -OCH3 is 1. The number of benzene rings is 2. The topological polar surface area (TPSA) is 234 Å². The molecule has 6 amide bonds. The second-order valence-corrected chi connectivity index (χ2v) is 17.1. The number of likely N-dealkylation sites (N-methyl/N-ethyl adjacent to an activating group) is 1. The predicted molar refractivity (Wildman–Crippen MR) is 237 cm³/mol. The molecule has 2 saturated heterocycles. The van der Waals surface area contributed by atoms with E-state index < -0.39 is 23.9 Å². The fourth-order valence-electron chi connectivity index (χ4n) is 9.48. The molecule has 1 aliphatic carbocycles. The van der Waals surface area contributed by atoms with Gasteiger partial charge in [-0.2, -0.15) is 4.98 Å². The minimum atomic E-state index is -0.961. The van der Waals surface area contributed by atoms with E-state index in [1.165, 1.54) is 4.90 Å². The van der Waals surface area contributed by atoms with Crippen molar-refractivity contribution in [3.05, 3.63) is 59.3 Å². The van der Waals surface area contributed by atoms with Crippen molar-refractivity contribution < 1.29 is 38.2 Å². The van der Waals surface area contributed by atoms with Crippen molar-refractivity contribution in [1.29, 1.82) is 0 Å². The van der Waals surface area contributed by atoms with Gasteiger partial charge >= 0.3 is 0 Å². The Balaban J connectivity index is 0.778. The summed E-state index contributed by atoms with van der Waals surface area (Å²) in [6.45, 7) is 4.65. The minimum Gasteiger partial charge on any atom is -0.495 e. The predicted octanol–water partition coefficient (Wildman–Crippen LogP) is 2.67. The van der Waals surface area contributed by atoms with Crippen LogP contribution in [0.1, 0.15) is 91.0 Å². The van der Waals surface area contributed by atoms with Crippen LogP contribution in [-0.4, -0.2) is 132 Å². The zero-order valence-corrected chi connectivity index (χ0v) is 36.6. The first-order valence-electron chi connectivity index (χ1n) is 22.3. The van der Waals surface area contributed by atoms with Crippen LogP contribution in [0.15, 0.2) is 42.6 Å². The molecule has 64 heavy (non-hydrogen) atoms. The molecule has 3 atom stereocenters. The van der Waals surface area contributed by atoms with Crippen molar-refractivity contribution in [2.75, 3.05) is 67.4 Å². The summed E-state index contributed by atoms with van der Waals surface area (Å²) in [5, 5.41) is 11.6. The highest BCUT2D eigenvalue weighted by Crippen LogP contribution is 2.40. The van der Waals surface area contributed by atoms with Crippen LogP contribution < -0.4 is 41.5 Å². The Bertz CT molecular complexity index is 2300. The van der Waals surface area contributed by atoms with Gasteiger partial charge in [0.2, 0.25) is 29.6 Å². The molecule has 1 unspecified atom stereocenters. The molecule has 0 bridgehead atoms. The van der Waals surface area contributed by atoms with Crippen LogP contribution >= 0.6 is 0 Å². The summed E-state index contributed by atoms with van der Waals surface area (Å²) in [6, 6.07) is 8.45. The van der Waals surface area contributed by atoms with E-state index in [0.29, 0.717) is 65.0 Å². The molecule has 5 aliphatic rings. The first kappa shape index (κ1) is 44.4. The summed E-state index contributed by atoms with van der Waals surface area (Å²) in [5.74, 6) is -0.229. The van der Waals surface area contributed by atoms with Crippen molar-refractivity contribution in [2.24, 2.45) is 5.73 Å². The first-order valence-corrected chi connectivity index (χ1v) is 22.3. The standard InChI is InChI=1S/C45H57N11O8/c1-4-34-44(62)53(2)36-23-47-45(52-39(36)56(34)28-8-5-6-9-28)50-33-13-12-26(22-37(33)63-3)40(58)48-27-16-18-54(19-17-27)20-21-64-25-31(46)41(59)49-32-11-7-10-29-30(32)24-55(43(29)61)35-14-15-38(57)51-42(35)60/h7,10-13,22-23,27-28,31,34-35H,4-6,8-9,14-21,24-25,46H2,1-3H3,(H,48,58)(H,49,59)(H,47,50,52)(H,51,57,60)/t31-,34-,35?/m1/s1. The molecule has 2 aromatic carbocycles. The molecule has 19 nitrogen and oxygen atoms in total. The molecule has 3 fully saturated rings. The average molecular weight is 880 g/mol. The number of hydrogen-bond donors (Lipinski definition) is 5. The van der Waals surface area contributed by atoms with Gasteiger partial charge < -0.3 is 50.8 Å². The highest BCUT2D eigenvalue weighted by molar-refractivity contribution is 6.07. The summed E-state index contributed by atoms with van der Waals surface area (Å²) in [4.78, 5) is 94.0. The van der Waals surface area contributed by atoms with Crippen molar-refractivity contribution in [3.63, 3.8) is 0 Å². The molecule has 8 rings (SSSR count). The summed E-state index contributed by atoms with van der Waals surface area (Å²) < 4.78 is 11.5. The number of hydrogen-bond acceptors (Lipinski definition) is 14. The Morgan fingerprint density at radius 1 is 1.02 bits per heavy atom. The number of imide groups is 1. The first-order chi connectivity index (χ1) is 30.9. The van der Waals surface area contributed by atoms with E-state index in [-0.39, 0.29) is 67.7 Å². The molecule has 340 valence electrons. The second kappa shape index (κ2) is 19.3. The molecule has 4 aliphatic heterocycles. The monoisotopic (exact) mass is 879 g/mol. The normalized spacial score (nSPS) is 21.1. The van der Waals surface area contributed by atoms with Crippen LogP contribution in [0.25, 0.3) is 0 Å². The number of piperidine rings is 2. The number of nitrogens with two attached hydrogens (primary N) is 1. The summed E-state index contributed by atoms with van der Waals surface area (Å²) in [5.41, 5.74) is 9.35. The number of nitrogens with zero attached hydrogens (tertiary/aromatic N) is 6. The Morgan fingerprint density at radius 3 is 2.53 bits per heavy atom. The largest absolute Gasteiger partial charge is 0.495 e. The van der Waals surface area contributed by atoms with E-state index in [1.54, 1.807) is 61.7 Å². The minimum absolute atomic E-state index is 0.00894. The maximum atomic E-state index is 13.4. The van der Waals surface area contributed by atoms with Gasteiger partial charge in [0.1, 0.15) is 29.6 Å². The second-order valence-electron chi connectivity index (χ2n) is 17.1. The van der Waals surface area contributed by atoms with Crippen LogP contribution in [-0.2, 0) is 30.5 Å². The number of fused-ring (bicyclic) bond motifs is 2. The quantitative estimate of drug-likeness (QED) is 0.109. The molecule has 6 N–H and O–H groups in total. The maximum Gasteiger partial charge on any atom is 0.255 e. The van der Waals surface area contributed by atoms with E-state index in [1.807, 2.05) is 6.92 Å². The molecule has 19 heteroatoms. The number of nitrogens with one attached hydrogen (secondary N) is 4. The van der Waals surface area contributed by atoms with Gasteiger partial charge in [-0.25, -0.2) is 4.98 Å². The Kier molecular flexibility index (Phi) is 13.4. The van der Waals surface area contributed by atoms with Crippen molar-refractivity contribution >= 4 is 64.3 Å². The third-order valence-corrected chi connectivity index (χ3v) is 13.1. The highest BCUT2D eigenvalue weighted by atomic mass is 16.5. The van der Waals surface area contributed by atoms with Gasteiger partial charge in [0, 0.05) is 74.1 Å². The van der Waals surface area contributed by atoms with Crippen LogP contribution in [0.4, 0.5) is 28.8 Å². The fraction of sp³-hybridized carbons (Fsp3) is 0.511. The molecular weight excluding hydrogens is 823 g/mol. The number of likely N-dealkylation sites (tertiary alicyclic amines) is 1. The van der Waals surface area contributed by atoms with Crippen LogP contribution in [0.5, 0.6) is 5.75 Å². The third-order valence-electron chi connectivity index (χ3n) is 13.1. The smallest absolute Gasteiger partial charge is 0.255 e. The lowest BCUT2D eigenvalue weighted by molar-refractivity contribution is -0.137. The van der Waals surface area contributed by atoms with Crippen LogP contribution in [0.3, 0.4) is 0 Å². The van der Waals surface area contributed by atoms with Gasteiger partial charge in [-0.1, -0.05) is 25.8 Å². The molecule has 0 spiro atoms. The Labute approximate surface area is 371 Å². The van der Waals surface area contributed by atoms with E-state index in [9.17, 15) is 28.8 Å². The van der Waals surface area contributed by atoms with E-state index in [0.717, 1.165) is 57.4 Å². The average Bonchev–Trinajstić information content (AvgIpc) is 3.95. The number of amides is 6. The number of rotatable bonds is 15. The molecule has 5 heterocycles. The Hall–Kier alpha value is -6.18. The number of carbonyl (C=O) groups excluding carboxylic acids is 6. The summed E-state index contributed by atoms with van der Waals surface area (Å²) in [7, 11) is 3.32. The SMILES string of the molecule is CC[C@@H]1C(=O)N(C)c2cnc(Nc3ccc(C(=O)NC4CCN(CCOC[C@@H](N)C(=O)Nc5cccc6c5CN(C5CCC(=O)NC5=O)C6=O)CC4)cc3OC)nc2N1C1CCCC1. The molecule has 3 aromatic rings. The van der Waals surface area contributed by atoms with Gasteiger partial charge in [0.25, 0.3) is 11.8 Å². The number of carbonyl (C=O) groups is 6. The lowest BCUT2D eigenvalue weighted by Crippen LogP contribution is -2.55. The van der Waals surface area contributed by atoms with Gasteiger partial charge in [-0.3, -0.25) is 34.1 Å². The fourth-order valence-corrected chi connectivity index (χ4v) is 9.48. The van der Waals surface area contributed by atoms with E-state index in [2.05, 4.69) is 36.1 Å².